The molecule has 0 unspecified atom stereocenters. The summed E-state index contributed by atoms with van der Waals surface area (Å²) in [6.07, 6.45) is 3.12. The van der Waals surface area contributed by atoms with Crippen molar-refractivity contribution < 1.29 is 4.79 Å². The van der Waals surface area contributed by atoms with Gasteiger partial charge < -0.3 is 10.6 Å². The molecular weight excluding hydrogens is 482 g/mol. The Morgan fingerprint density at radius 2 is 1.87 bits per heavy atom. The van der Waals surface area contributed by atoms with Crippen LogP contribution in [-0.2, 0) is 18.5 Å². The first-order valence-electron chi connectivity index (χ1n) is 12.4. The van der Waals surface area contributed by atoms with Crippen molar-refractivity contribution in [2.45, 2.75) is 46.2 Å². The van der Waals surface area contributed by atoms with Crippen molar-refractivity contribution in [3.8, 4) is 11.3 Å². The number of carbonyl (C=O) groups is 1. The van der Waals surface area contributed by atoms with Crippen LogP contribution in [-0.4, -0.2) is 54.3 Å². The van der Waals surface area contributed by atoms with Crippen LogP contribution in [0.3, 0.4) is 0 Å². The molecule has 0 atom stereocenters. The molecule has 1 amide bonds. The molecule has 3 N–H and O–H groups in total. The summed E-state index contributed by atoms with van der Waals surface area (Å²) in [5.41, 5.74) is 4.70. The first-order chi connectivity index (χ1) is 18.1. The summed E-state index contributed by atoms with van der Waals surface area (Å²) in [5, 5.41) is 17.4. The highest BCUT2D eigenvalue weighted by molar-refractivity contribution is 6.03. The predicted molar refractivity (Wildman–Crippen MR) is 146 cm³/mol. The Kier molecular flexibility index (Phi) is 6.53. The summed E-state index contributed by atoms with van der Waals surface area (Å²) in [6, 6.07) is 9.22. The fourth-order valence-electron chi connectivity index (χ4n) is 4.18. The molecule has 0 saturated carbocycles. The fourth-order valence-corrected chi connectivity index (χ4v) is 4.18. The Morgan fingerprint density at radius 1 is 1.05 bits per heavy atom. The van der Waals surface area contributed by atoms with Crippen LogP contribution in [0, 0.1) is 6.92 Å². The van der Waals surface area contributed by atoms with Crippen LogP contribution in [0.2, 0.25) is 0 Å². The molecule has 0 aliphatic carbocycles. The molecule has 1 aromatic carbocycles. The maximum Gasteiger partial charge on any atom is 0.287 e. The number of aryl methyl sites for hydroxylation is 1. The van der Waals surface area contributed by atoms with Gasteiger partial charge in [0.05, 0.1) is 29.8 Å². The maximum atomic E-state index is 12.9. The maximum absolute atomic E-state index is 12.9. The van der Waals surface area contributed by atoms with Gasteiger partial charge in [0.15, 0.2) is 5.82 Å². The number of hydrogen-bond donors (Lipinski definition) is 3. The van der Waals surface area contributed by atoms with Crippen molar-refractivity contribution in [2.24, 2.45) is 0 Å². The Balaban J connectivity index is 1.37. The third-order valence-corrected chi connectivity index (χ3v) is 6.49. The number of likely N-dealkylation sites (N-methyl/N-ethyl adjacent to an activating group) is 1. The topological polar surface area (TPSA) is 134 Å². The Labute approximate surface area is 220 Å². The Hall–Kier alpha value is -4.38. The minimum atomic E-state index is -0.357. The highest BCUT2D eigenvalue weighted by Crippen LogP contribution is 2.26. The van der Waals surface area contributed by atoms with Gasteiger partial charge in [-0.1, -0.05) is 32.9 Å². The summed E-state index contributed by atoms with van der Waals surface area (Å²) in [4.78, 5) is 36.3. The summed E-state index contributed by atoms with van der Waals surface area (Å²) < 4.78 is 1.95. The van der Waals surface area contributed by atoms with E-state index in [9.17, 15) is 9.59 Å². The third kappa shape index (κ3) is 5.32. The van der Waals surface area contributed by atoms with E-state index in [4.69, 9.17) is 0 Å². The summed E-state index contributed by atoms with van der Waals surface area (Å²) >= 11 is 0. The van der Waals surface area contributed by atoms with Gasteiger partial charge in [-0.2, -0.15) is 10.2 Å². The van der Waals surface area contributed by atoms with Gasteiger partial charge in [-0.05, 0) is 31.7 Å². The Bertz CT molecular complexity index is 1550. The molecule has 38 heavy (non-hydrogen) atoms. The van der Waals surface area contributed by atoms with Crippen molar-refractivity contribution in [2.75, 3.05) is 24.2 Å². The molecule has 0 fully saturated rings. The third-order valence-electron chi connectivity index (χ3n) is 6.49. The standard InChI is InChI=1S/C27H31N9O2/c1-16-6-7-17(10-19(16)31-25(37)22-13-29-23(14-28-22)27(2,3)4)20-12-21(26(38)33-32-20)30-24-11-18-15-35(5)8-9-36(18)34-24/h6-7,10-14H,8-9,15H2,1-5H3,(H,31,37)(H,33,38)(H,30,32,34). The van der Waals surface area contributed by atoms with Crippen LogP contribution in [0.4, 0.5) is 17.2 Å². The molecule has 0 radical (unpaired) electrons. The molecule has 0 saturated heterocycles. The molecule has 1 aliphatic heterocycles. The number of hydrogen-bond acceptors (Lipinski definition) is 8. The van der Waals surface area contributed by atoms with Gasteiger partial charge >= 0.3 is 0 Å². The van der Waals surface area contributed by atoms with E-state index in [1.807, 2.05) is 56.6 Å². The molecule has 196 valence electrons. The number of rotatable bonds is 5. The highest BCUT2D eigenvalue weighted by Gasteiger charge is 2.19. The molecule has 0 bridgehead atoms. The average molecular weight is 514 g/mol. The quantitative estimate of drug-likeness (QED) is 0.369. The van der Waals surface area contributed by atoms with Gasteiger partial charge in [-0.25, -0.2) is 10.1 Å². The molecule has 4 heterocycles. The predicted octanol–water partition coefficient (Wildman–Crippen LogP) is 3.47. The molecule has 5 rings (SSSR count). The average Bonchev–Trinajstić information content (AvgIpc) is 3.27. The number of fused-ring (bicyclic) bond motifs is 1. The normalized spacial score (nSPS) is 13.7. The lowest BCUT2D eigenvalue weighted by atomic mass is 9.93. The van der Waals surface area contributed by atoms with Crippen molar-refractivity contribution in [1.29, 1.82) is 0 Å². The van der Waals surface area contributed by atoms with E-state index >= 15 is 0 Å². The van der Waals surface area contributed by atoms with Gasteiger partial charge in [0, 0.05) is 42.0 Å². The largest absolute Gasteiger partial charge is 0.334 e. The Morgan fingerprint density at radius 3 is 2.61 bits per heavy atom. The lowest BCUT2D eigenvalue weighted by Gasteiger charge is -2.22. The zero-order valence-electron chi connectivity index (χ0n) is 22.2. The number of aromatic amines is 1. The summed E-state index contributed by atoms with van der Waals surface area (Å²) in [5.74, 6) is 0.248. The van der Waals surface area contributed by atoms with E-state index in [-0.39, 0.29) is 22.6 Å². The van der Waals surface area contributed by atoms with Gasteiger partial charge in [-0.15, -0.1) is 0 Å². The minimum Gasteiger partial charge on any atom is -0.334 e. The number of aromatic nitrogens is 6. The number of anilines is 3. The number of H-pyrrole nitrogens is 1. The van der Waals surface area contributed by atoms with Crippen LogP contribution in [0.25, 0.3) is 11.3 Å². The molecule has 11 nitrogen and oxygen atoms in total. The minimum absolute atomic E-state index is 0.155. The molecule has 11 heteroatoms. The zero-order valence-corrected chi connectivity index (χ0v) is 22.2. The highest BCUT2D eigenvalue weighted by atomic mass is 16.2. The first-order valence-corrected chi connectivity index (χ1v) is 12.4. The second-order valence-corrected chi connectivity index (χ2v) is 10.6. The van der Waals surface area contributed by atoms with Crippen LogP contribution in [0.5, 0.6) is 0 Å². The summed E-state index contributed by atoms with van der Waals surface area (Å²) in [7, 11) is 2.07. The van der Waals surface area contributed by atoms with E-state index in [0.29, 0.717) is 22.9 Å². The van der Waals surface area contributed by atoms with E-state index in [1.54, 1.807) is 12.3 Å². The van der Waals surface area contributed by atoms with E-state index in [2.05, 4.69) is 47.8 Å². The van der Waals surface area contributed by atoms with Crippen LogP contribution in [0.1, 0.15) is 48.2 Å². The van der Waals surface area contributed by atoms with Gasteiger partial charge in [-0.3, -0.25) is 24.2 Å². The second kappa shape index (κ2) is 9.82. The molecule has 4 aromatic rings. The smallest absolute Gasteiger partial charge is 0.287 e. The summed E-state index contributed by atoms with van der Waals surface area (Å²) in [6.45, 7) is 10.6. The van der Waals surface area contributed by atoms with Gasteiger partial charge in [0.25, 0.3) is 11.5 Å². The number of benzene rings is 1. The molecular formula is C27H31N9O2. The number of nitrogens with zero attached hydrogens (tertiary/aromatic N) is 6. The molecule has 1 aliphatic rings. The molecule has 3 aromatic heterocycles. The SMILES string of the molecule is Cc1ccc(-c2cc(Nc3cc4n(n3)CCN(C)C4)c(=O)[nH]n2)cc1NC(=O)c1cnc(C(C)(C)C)cn1. The van der Waals surface area contributed by atoms with E-state index in [0.717, 1.165) is 42.1 Å². The zero-order chi connectivity index (χ0) is 27.0. The van der Waals surface area contributed by atoms with Crippen molar-refractivity contribution in [1.82, 2.24) is 34.8 Å². The number of carbonyl (C=O) groups excluding carboxylic acids is 1. The number of nitrogens with one attached hydrogen (secondary N) is 3. The van der Waals surface area contributed by atoms with Crippen molar-refractivity contribution in [3.63, 3.8) is 0 Å². The van der Waals surface area contributed by atoms with Crippen molar-refractivity contribution >= 4 is 23.1 Å². The van der Waals surface area contributed by atoms with Crippen LogP contribution >= 0.6 is 0 Å². The lowest BCUT2D eigenvalue weighted by molar-refractivity contribution is 0.102. The monoisotopic (exact) mass is 513 g/mol. The van der Waals surface area contributed by atoms with E-state index < -0.39 is 0 Å². The molecule has 0 spiro atoms. The number of amides is 1. The fraction of sp³-hybridized carbons (Fsp3) is 0.333. The van der Waals surface area contributed by atoms with Crippen LogP contribution in [0.15, 0.2) is 47.5 Å². The second-order valence-electron chi connectivity index (χ2n) is 10.6. The van der Waals surface area contributed by atoms with E-state index in [1.165, 1.54) is 6.20 Å². The van der Waals surface area contributed by atoms with Gasteiger partial charge in [0.1, 0.15) is 11.4 Å². The lowest BCUT2D eigenvalue weighted by Crippen LogP contribution is -2.30. The van der Waals surface area contributed by atoms with Crippen molar-refractivity contribution in [3.05, 3.63) is 75.7 Å². The van der Waals surface area contributed by atoms with Gasteiger partial charge in [0.2, 0.25) is 0 Å². The van der Waals surface area contributed by atoms with Crippen LogP contribution < -0.4 is 16.2 Å². The first kappa shape index (κ1) is 25.3.